The van der Waals surface area contributed by atoms with E-state index in [1.54, 1.807) is 18.0 Å². The molecule has 0 fully saturated rings. The number of hydrogen-bond acceptors (Lipinski definition) is 4. The lowest BCUT2D eigenvalue weighted by atomic mass is 10.1. The van der Waals surface area contributed by atoms with E-state index in [1.807, 2.05) is 42.5 Å². The van der Waals surface area contributed by atoms with E-state index in [1.165, 1.54) is 0 Å². The van der Waals surface area contributed by atoms with Crippen LogP contribution in [0.2, 0.25) is 5.02 Å². The smallest absolute Gasteiger partial charge is 0.184 e. The van der Waals surface area contributed by atoms with Crippen molar-refractivity contribution in [2.24, 2.45) is 0 Å². The zero-order valence-electron chi connectivity index (χ0n) is 11.2. The molecule has 6 heteroatoms. The average Bonchev–Trinajstić information content (AvgIpc) is 2.96. The quantitative estimate of drug-likeness (QED) is 0.729. The number of pyridine rings is 1. The number of H-pyrrole nitrogens is 1. The molecule has 0 spiro atoms. The Balaban J connectivity index is 1.59. The van der Waals surface area contributed by atoms with Crippen LogP contribution in [0.4, 0.5) is 0 Å². The largest absolute Gasteiger partial charge is 0.260 e. The number of halogens is 1. The van der Waals surface area contributed by atoms with Gasteiger partial charge in [-0.1, -0.05) is 41.6 Å². The fraction of sp³-hybridized carbons (Fsp3) is 0.133. The minimum Gasteiger partial charge on any atom is -0.260 e. The molecule has 2 heterocycles. The fourth-order valence-electron chi connectivity index (χ4n) is 1.83. The number of thioether (sulfide) groups is 1. The molecule has 0 aliphatic carbocycles. The van der Waals surface area contributed by atoms with E-state index in [2.05, 4.69) is 20.2 Å². The van der Waals surface area contributed by atoms with Crippen molar-refractivity contribution in [3.63, 3.8) is 0 Å². The van der Waals surface area contributed by atoms with Gasteiger partial charge in [-0.2, -0.15) is 5.10 Å². The van der Waals surface area contributed by atoms with E-state index in [4.69, 9.17) is 11.6 Å². The van der Waals surface area contributed by atoms with Crippen molar-refractivity contribution in [2.45, 2.75) is 17.3 Å². The maximum atomic E-state index is 5.87. The molecule has 0 unspecified atom stereocenters. The van der Waals surface area contributed by atoms with E-state index >= 15 is 0 Å². The van der Waals surface area contributed by atoms with Crippen LogP contribution in [0.25, 0.3) is 0 Å². The Morgan fingerprint density at radius 3 is 2.71 bits per heavy atom. The van der Waals surface area contributed by atoms with Crippen molar-refractivity contribution < 1.29 is 0 Å². The number of aromatic amines is 1. The lowest BCUT2D eigenvalue weighted by molar-refractivity contribution is 0.955. The van der Waals surface area contributed by atoms with Crippen LogP contribution in [-0.2, 0) is 12.2 Å². The van der Waals surface area contributed by atoms with Crippen LogP contribution in [0.3, 0.4) is 0 Å². The highest BCUT2D eigenvalue weighted by Gasteiger charge is 2.05. The van der Waals surface area contributed by atoms with Crippen molar-refractivity contribution >= 4 is 23.4 Å². The van der Waals surface area contributed by atoms with Gasteiger partial charge in [-0.25, -0.2) is 4.98 Å². The van der Waals surface area contributed by atoms with Gasteiger partial charge >= 0.3 is 0 Å². The molecule has 4 nitrogen and oxygen atoms in total. The molecule has 3 aromatic rings. The van der Waals surface area contributed by atoms with Crippen molar-refractivity contribution in [1.82, 2.24) is 20.2 Å². The molecular formula is C15H13ClN4S. The number of aromatic nitrogens is 4. The van der Waals surface area contributed by atoms with Gasteiger partial charge in [0.05, 0.1) is 5.69 Å². The predicted octanol–water partition coefficient (Wildman–Crippen LogP) is 3.74. The van der Waals surface area contributed by atoms with Crippen molar-refractivity contribution in [3.05, 3.63) is 70.8 Å². The number of nitrogens with one attached hydrogen (secondary N) is 1. The van der Waals surface area contributed by atoms with E-state index in [9.17, 15) is 0 Å². The Morgan fingerprint density at radius 2 is 1.95 bits per heavy atom. The van der Waals surface area contributed by atoms with Crippen LogP contribution >= 0.6 is 23.4 Å². The van der Waals surface area contributed by atoms with E-state index in [0.29, 0.717) is 6.42 Å². The molecule has 1 aromatic carbocycles. The third kappa shape index (κ3) is 4.06. The van der Waals surface area contributed by atoms with Crippen LogP contribution in [0.15, 0.2) is 53.8 Å². The van der Waals surface area contributed by atoms with Gasteiger partial charge in [0.25, 0.3) is 0 Å². The Morgan fingerprint density at radius 1 is 1.10 bits per heavy atom. The van der Waals surface area contributed by atoms with Crippen molar-refractivity contribution in [2.75, 3.05) is 0 Å². The summed E-state index contributed by atoms with van der Waals surface area (Å²) in [6.07, 6.45) is 2.49. The first kappa shape index (κ1) is 14.1. The summed E-state index contributed by atoms with van der Waals surface area (Å²) in [5.41, 5.74) is 2.16. The fourth-order valence-corrected chi connectivity index (χ4v) is 2.70. The third-order valence-electron chi connectivity index (χ3n) is 2.87. The van der Waals surface area contributed by atoms with Crippen LogP contribution in [0.1, 0.15) is 17.1 Å². The summed E-state index contributed by atoms with van der Waals surface area (Å²) in [5, 5.41) is 8.74. The first-order valence-electron chi connectivity index (χ1n) is 6.48. The second kappa shape index (κ2) is 6.74. The van der Waals surface area contributed by atoms with Gasteiger partial charge in [-0.3, -0.25) is 10.1 Å². The van der Waals surface area contributed by atoms with E-state index in [0.717, 1.165) is 33.0 Å². The van der Waals surface area contributed by atoms with Gasteiger partial charge in [-0.15, -0.1) is 0 Å². The van der Waals surface area contributed by atoms with Crippen molar-refractivity contribution in [3.8, 4) is 0 Å². The molecule has 0 radical (unpaired) electrons. The zero-order valence-corrected chi connectivity index (χ0v) is 12.7. The summed E-state index contributed by atoms with van der Waals surface area (Å²) < 4.78 is 0. The minimum absolute atomic E-state index is 0.692. The molecule has 0 saturated carbocycles. The first-order valence-corrected chi connectivity index (χ1v) is 7.84. The lowest BCUT2D eigenvalue weighted by Gasteiger charge is -1.97. The van der Waals surface area contributed by atoms with Crippen LogP contribution in [0, 0.1) is 0 Å². The standard InChI is InChI=1S/C15H13ClN4S/c16-12-6-4-11(5-7-12)9-14-18-15(20-19-14)21-10-13-3-1-2-8-17-13/h1-8H,9-10H2,(H,18,19,20). The summed E-state index contributed by atoms with van der Waals surface area (Å²) in [7, 11) is 0. The molecule has 0 saturated heterocycles. The van der Waals surface area contributed by atoms with Gasteiger partial charge in [0.15, 0.2) is 11.0 Å². The molecule has 0 amide bonds. The maximum absolute atomic E-state index is 5.87. The van der Waals surface area contributed by atoms with E-state index in [-0.39, 0.29) is 0 Å². The van der Waals surface area contributed by atoms with Gasteiger partial charge in [0.1, 0.15) is 0 Å². The number of hydrogen-bond donors (Lipinski definition) is 1. The second-order valence-electron chi connectivity index (χ2n) is 4.47. The van der Waals surface area contributed by atoms with Crippen LogP contribution < -0.4 is 0 Å². The Labute approximate surface area is 132 Å². The Bertz CT molecular complexity index is 697. The monoisotopic (exact) mass is 316 g/mol. The molecule has 0 aliphatic heterocycles. The number of rotatable bonds is 5. The molecule has 21 heavy (non-hydrogen) atoms. The second-order valence-corrected chi connectivity index (χ2v) is 5.87. The zero-order chi connectivity index (χ0) is 14.5. The van der Waals surface area contributed by atoms with Gasteiger partial charge in [-0.05, 0) is 29.8 Å². The van der Waals surface area contributed by atoms with Gasteiger partial charge < -0.3 is 0 Å². The van der Waals surface area contributed by atoms with Crippen LogP contribution in [-0.4, -0.2) is 20.2 Å². The molecular weight excluding hydrogens is 304 g/mol. The average molecular weight is 317 g/mol. The molecule has 3 rings (SSSR count). The summed E-state index contributed by atoms with van der Waals surface area (Å²) in [6, 6.07) is 13.6. The SMILES string of the molecule is Clc1ccc(Cc2n[nH]c(SCc3ccccn3)n2)cc1. The summed E-state index contributed by atoms with van der Waals surface area (Å²) >= 11 is 7.47. The number of nitrogens with zero attached hydrogens (tertiary/aromatic N) is 3. The molecule has 2 aromatic heterocycles. The first-order chi connectivity index (χ1) is 10.3. The maximum Gasteiger partial charge on any atom is 0.184 e. The minimum atomic E-state index is 0.692. The number of benzene rings is 1. The van der Waals surface area contributed by atoms with Crippen LogP contribution in [0.5, 0.6) is 0 Å². The summed E-state index contributed by atoms with van der Waals surface area (Å²) in [5.74, 6) is 1.55. The molecule has 106 valence electrons. The third-order valence-corrected chi connectivity index (χ3v) is 4.02. The van der Waals surface area contributed by atoms with Gasteiger partial charge in [0, 0.05) is 23.4 Å². The van der Waals surface area contributed by atoms with Gasteiger partial charge in [0.2, 0.25) is 0 Å². The van der Waals surface area contributed by atoms with E-state index < -0.39 is 0 Å². The summed E-state index contributed by atoms with van der Waals surface area (Å²) in [4.78, 5) is 8.76. The summed E-state index contributed by atoms with van der Waals surface area (Å²) in [6.45, 7) is 0. The van der Waals surface area contributed by atoms with Crippen molar-refractivity contribution in [1.29, 1.82) is 0 Å². The highest BCUT2D eigenvalue weighted by molar-refractivity contribution is 7.98. The Hall–Kier alpha value is -1.85. The predicted molar refractivity (Wildman–Crippen MR) is 84.4 cm³/mol. The molecule has 0 atom stereocenters. The normalized spacial score (nSPS) is 10.7. The highest BCUT2D eigenvalue weighted by atomic mass is 35.5. The lowest BCUT2D eigenvalue weighted by Crippen LogP contribution is -1.90. The molecule has 0 aliphatic rings. The highest BCUT2D eigenvalue weighted by Crippen LogP contribution is 2.18. The molecule has 0 bridgehead atoms. The Kier molecular flexibility index (Phi) is 4.52. The molecule has 1 N–H and O–H groups in total. The topological polar surface area (TPSA) is 54.5 Å².